The van der Waals surface area contributed by atoms with Crippen LogP contribution in [0.25, 0.3) is 0 Å². The second-order valence-corrected chi connectivity index (χ2v) is 6.45. The SMILES string of the molecule is CC1=CCC23C1=CC(CCC2C)C3(C)C. The number of hydrogen-bond donors (Lipinski definition) is 0. The van der Waals surface area contributed by atoms with Gasteiger partial charge in [0.05, 0.1) is 0 Å². The maximum Gasteiger partial charge on any atom is 0.00694 e. The number of rotatable bonds is 0. The van der Waals surface area contributed by atoms with Gasteiger partial charge in [0.2, 0.25) is 0 Å². The first-order chi connectivity index (χ1) is 7.00. The molecule has 0 nitrogen and oxygen atoms in total. The molecule has 2 bridgehead atoms. The van der Waals surface area contributed by atoms with Crippen LogP contribution in [0.2, 0.25) is 0 Å². The van der Waals surface area contributed by atoms with Crippen molar-refractivity contribution in [3.05, 3.63) is 23.3 Å². The lowest BCUT2D eigenvalue weighted by Crippen LogP contribution is -2.46. The lowest BCUT2D eigenvalue weighted by Gasteiger charge is -2.52. The first-order valence-electron chi connectivity index (χ1n) is 6.39. The summed E-state index contributed by atoms with van der Waals surface area (Å²) >= 11 is 0. The van der Waals surface area contributed by atoms with Crippen molar-refractivity contribution in [1.82, 2.24) is 0 Å². The summed E-state index contributed by atoms with van der Waals surface area (Å²) in [6.07, 6.45) is 9.23. The number of hydrogen-bond acceptors (Lipinski definition) is 0. The fraction of sp³-hybridized carbons (Fsp3) is 0.733. The summed E-state index contributed by atoms with van der Waals surface area (Å²) in [4.78, 5) is 0. The quantitative estimate of drug-likeness (QED) is 0.548. The third-order valence-electron chi connectivity index (χ3n) is 5.83. The minimum atomic E-state index is 0.494. The van der Waals surface area contributed by atoms with Gasteiger partial charge in [0.15, 0.2) is 0 Å². The van der Waals surface area contributed by atoms with Crippen molar-refractivity contribution >= 4 is 0 Å². The van der Waals surface area contributed by atoms with Crippen molar-refractivity contribution in [2.45, 2.75) is 47.0 Å². The van der Waals surface area contributed by atoms with Crippen LogP contribution in [0.4, 0.5) is 0 Å². The molecule has 3 rings (SSSR count). The lowest BCUT2D eigenvalue weighted by molar-refractivity contribution is -0.00386. The van der Waals surface area contributed by atoms with Gasteiger partial charge in [-0.15, -0.1) is 0 Å². The molecule has 3 aliphatic carbocycles. The van der Waals surface area contributed by atoms with E-state index in [1.165, 1.54) is 19.3 Å². The van der Waals surface area contributed by atoms with Crippen LogP contribution >= 0.6 is 0 Å². The minimum absolute atomic E-state index is 0.494. The molecular weight excluding hydrogens is 180 g/mol. The first-order valence-corrected chi connectivity index (χ1v) is 6.39. The van der Waals surface area contributed by atoms with Gasteiger partial charge in [-0.1, -0.05) is 38.5 Å². The molecule has 3 atom stereocenters. The van der Waals surface area contributed by atoms with Crippen molar-refractivity contribution in [2.75, 3.05) is 0 Å². The van der Waals surface area contributed by atoms with Crippen molar-refractivity contribution in [1.29, 1.82) is 0 Å². The Labute approximate surface area is 93.5 Å². The van der Waals surface area contributed by atoms with E-state index >= 15 is 0 Å². The molecule has 0 N–H and O–H groups in total. The Morgan fingerprint density at radius 2 is 2.00 bits per heavy atom. The highest BCUT2D eigenvalue weighted by atomic mass is 14.6. The van der Waals surface area contributed by atoms with Crippen molar-refractivity contribution in [2.24, 2.45) is 22.7 Å². The van der Waals surface area contributed by atoms with Crippen molar-refractivity contribution in [3.63, 3.8) is 0 Å². The van der Waals surface area contributed by atoms with E-state index in [1.54, 1.807) is 11.1 Å². The molecule has 0 aromatic carbocycles. The third kappa shape index (κ3) is 0.859. The average molecular weight is 202 g/mol. The van der Waals surface area contributed by atoms with Gasteiger partial charge < -0.3 is 0 Å². The monoisotopic (exact) mass is 202 g/mol. The predicted molar refractivity (Wildman–Crippen MR) is 64.6 cm³/mol. The maximum atomic E-state index is 2.61. The Balaban J connectivity index is 2.19. The molecule has 0 heterocycles. The zero-order valence-corrected chi connectivity index (χ0v) is 10.4. The maximum absolute atomic E-state index is 2.61. The third-order valence-corrected chi connectivity index (χ3v) is 5.83. The van der Waals surface area contributed by atoms with Crippen molar-refractivity contribution < 1.29 is 0 Å². The van der Waals surface area contributed by atoms with Gasteiger partial charge in [0.1, 0.15) is 0 Å². The Kier molecular flexibility index (Phi) is 1.67. The minimum Gasteiger partial charge on any atom is -0.0804 e. The standard InChI is InChI=1S/C15H22/c1-10-7-8-15-11(2)5-6-12(9-13(10)15)14(15,3)4/h7,9,11-12H,5-6,8H2,1-4H3. The van der Waals surface area contributed by atoms with E-state index in [0.29, 0.717) is 10.8 Å². The molecule has 0 aliphatic heterocycles. The average Bonchev–Trinajstić information content (AvgIpc) is 2.53. The van der Waals surface area contributed by atoms with Crippen LogP contribution in [-0.4, -0.2) is 0 Å². The van der Waals surface area contributed by atoms with Crippen LogP contribution in [0.5, 0.6) is 0 Å². The summed E-state index contributed by atoms with van der Waals surface area (Å²) in [5.74, 6) is 1.71. The summed E-state index contributed by atoms with van der Waals surface area (Å²) in [5.41, 5.74) is 4.27. The lowest BCUT2D eigenvalue weighted by atomic mass is 9.51. The van der Waals surface area contributed by atoms with Crippen LogP contribution in [0.1, 0.15) is 47.0 Å². The van der Waals surface area contributed by atoms with E-state index in [1.807, 2.05) is 0 Å². The first kappa shape index (κ1) is 9.69. The fourth-order valence-corrected chi connectivity index (χ4v) is 4.74. The van der Waals surface area contributed by atoms with Crippen LogP contribution in [0.15, 0.2) is 23.3 Å². The molecule has 1 fully saturated rings. The molecule has 82 valence electrons. The topological polar surface area (TPSA) is 0 Å². The van der Waals surface area contributed by atoms with Gasteiger partial charge in [-0.05, 0) is 49.0 Å². The van der Waals surface area contributed by atoms with Gasteiger partial charge in [-0.25, -0.2) is 0 Å². The zero-order valence-electron chi connectivity index (χ0n) is 10.4. The summed E-state index contributed by atoms with van der Waals surface area (Å²) in [5, 5.41) is 0. The predicted octanol–water partition coefficient (Wildman–Crippen LogP) is 4.34. The second-order valence-electron chi connectivity index (χ2n) is 6.45. The molecule has 1 saturated carbocycles. The molecule has 0 heteroatoms. The van der Waals surface area contributed by atoms with E-state index in [4.69, 9.17) is 0 Å². The zero-order chi connectivity index (χ0) is 10.8. The summed E-state index contributed by atoms with van der Waals surface area (Å²) in [6.45, 7) is 9.79. The van der Waals surface area contributed by atoms with Gasteiger partial charge in [-0.3, -0.25) is 0 Å². The normalized spacial score (nSPS) is 46.1. The van der Waals surface area contributed by atoms with Gasteiger partial charge in [0, 0.05) is 5.41 Å². The molecule has 0 aromatic rings. The molecule has 3 unspecified atom stereocenters. The Morgan fingerprint density at radius 1 is 1.27 bits per heavy atom. The van der Waals surface area contributed by atoms with Crippen LogP contribution in [-0.2, 0) is 0 Å². The van der Waals surface area contributed by atoms with Gasteiger partial charge in [0.25, 0.3) is 0 Å². The Morgan fingerprint density at radius 3 is 2.73 bits per heavy atom. The van der Waals surface area contributed by atoms with Crippen molar-refractivity contribution in [3.8, 4) is 0 Å². The van der Waals surface area contributed by atoms with E-state index < -0.39 is 0 Å². The smallest absolute Gasteiger partial charge is 0.00694 e. The van der Waals surface area contributed by atoms with E-state index in [0.717, 1.165) is 11.8 Å². The molecule has 0 radical (unpaired) electrons. The highest BCUT2D eigenvalue weighted by molar-refractivity contribution is 5.49. The molecule has 0 amide bonds. The van der Waals surface area contributed by atoms with Gasteiger partial charge in [-0.2, -0.15) is 0 Å². The Hall–Kier alpha value is -0.520. The molecule has 1 spiro atoms. The largest absolute Gasteiger partial charge is 0.0804 e. The molecule has 3 aliphatic rings. The molecule has 0 saturated heterocycles. The van der Waals surface area contributed by atoms with Crippen LogP contribution in [0, 0.1) is 22.7 Å². The number of fused-ring (bicyclic) bond motifs is 1. The van der Waals surface area contributed by atoms with Gasteiger partial charge >= 0.3 is 0 Å². The Bertz CT molecular complexity index is 369. The highest BCUT2D eigenvalue weighted by Gasteiger charge is 2.61. The van der Waals surface area contributed by atoms with E-state index in [-0.39, 0.29) is 0 Å². The summed E-state index contributed by atoms with van der Waals surface area (Å²) in [6, 6.07) is 0. The van der Waals surface area contributed by atoms with E-state index in [9.17, 15) is 0 Å². The summed E-state index contributed by atoms with van der Waals surface area (Å²) in [7, 11) is 0. The second kappa shape index (κ2) is 2.59. The van der Waals surface area contributed by atoms with E-state index in [2.05, 4.69) is 39.8 Å². The highest BCUT2D eigenvalue weighted by Crippen LogP contribution is 2.69. The summed E-state index contributed by atoms with van der Waals surface area (Å²) < 4.78 is 0. The van der Waals surface area contributed by atoms with Crippen LogP contribution in [0.3, 0.4) is 0 Å². The molecule has 15 heavy (non-hydrogen) atoms. The fourth-order valence-electron chi connectivity index (χ4n) is 4.74. The molecular formula is C15H22. The van der Waals surface area contributed by atoms with Crippen LogP contribution < -0.4 is 0 Å². The molecule has 0 aromatic heterocycles. The number of allylic oxidation sites excluding steroid dienone is 4.